The molecular formula is C18H27N3O2. The van der Waals surface area contributed by atoms with Gasteiger partial charge in [-0.3, -0.25) is 4.90 Å². The number of nitrogens with zero attached hydrogens (tertiary/aromatic N) is 3. The summed E-state index contributed by atoms with van der Waals surface area (Å²) in [7, 11) is 0. The van der Waals surface area contributed by atoms with Crippen LogP contribution in [0.3, 0.4) is 0 Å². The average molecular weight is 317 g/mol. The minimum Gasteiger partial charge on any atom is -0.390 e. The van der Waals surface area contributed by atoms with E-state index in [2.05, 4.69) is 54.3 Å². The van der Waals surface area contributed by atoms with Gasteiger partial charge in [0.25, 0.3) is 0 Å². The van der Waals surface area contributed by atoms with Crippen molar-refractivity contribution in [2.45, 2.75) is 45.9 Å². The minimum absolute atomic E-state index is 0.131. The quantitative estimate of drug-likeness (QED) is 0.938. The second-order valence-electron chi connectivity index (χ2n) is 7.32. The number of imidazole rings is 1. The molecule has 5 heteroatoms. The van der Waals surface area contributed by atoms with E-state index in [1.165, 1.54) is 11.1 Å². The maximum absolute atomic E-state index is 10.5. The largest absolute Gasteiger partial charge is 0.390 e. The van der Waals surface area contributed by atoms with Crippen LogP contribution >= 0.6 is 0 Å². The third-order valence-electron chi connectivity index (χ3n) is 4.62. The molecular weight excluding hydrogens is 290 g/mol. The lowest BCUT2D eigenvalue weighted by atomic mass is 10.1. The van der Waals surface area contributed by atoms with E-state index in [4.69, 9.17) is 4.74 Å². The molecule has 1 aliphatic rings. The van der Waals surface area contributed by atoms with Gasteiger partial charge < -0.3 is 14.4 Å². The van der Waals surface area contributed by atoms with Gasteiger partial charge in [0.1, 0.15) is 0 Å². The second kappa shape index (κ2) is 6.23. The molecule has 1 fully saturated rings. The van der Waals surface area contributed by atoms with Gasteiger partial charge in [0, 0.05) is 19.6 Å². The molecule has 1 aliphatic heterocycles. The van der Waals surface area contributed by atoms with Crippen molar-refractivity contribution in [1.29, 1.82) is 0 Å². The summed E-state index contributed by atoms with van der Waals surface area (Å²) in [5.41, 5.74) is 4.46. The highest BCUT2D eigenvalue weighted by molar-refractivity contribution is 5.77. The Labute approximate surface area is 137 Å². The molecule has 2 aromatic rings. The predicted octanol–water partition coefficient (Wildman–Crippen LogP) is 2.12. The van der Waals surface area contributed by atoms with Crippen molar-refractivity contribution in [2.24, 2.45) is 0 Å². The molecule has 5 nitrogen and oxygen atoms in total. The molecule has 1 aromatic heterocycles. The van der Waals surface area contributed by atoms with E-state index in [0.29, 0.717) is 13.1 Å². The first-order valence-corrected chi connectivity index (χ1v) is 8.30. The predicted molar refractivity (Wildman–Crippen MR) is 91.7 cm³/mol. The van der Waals surface area contributed by atoms with Crippen LogP contribution in [0.2, 0.25) is 0 Å². The van der Waals surface area contributed by atoms with Crippen LogP contribution in [0.15, 0.2) is 18.5 Å². The molecule has 0 amide bonds. The zero-order valence-corrected chi connectivity index (χ0v) is 14.5. The Morgan fingerprint density at radius 2 is 2.00 bits per heavy atom. The molecule has 0 spiro atoms. The van der Waals surface area contributed by atoms with Gasteiger partial charge in [-0.2, -0.15) is 0 Å². The van der Waals surface area contributed by atoms with Crippen LogP contribution in [-0.2, 0) is 11.3 Å². The third kappa shape index (κ3) is 3.74. The van der Waals surface area contributed by atoms with Crippen LogP contribution in [-0.4, -0.2) is 57.5 Å². The Morgan fingerprint density at radius 3 is 2.74 bits per heavy atom. The van der Waals surface area contributed by atoms with E-state index in [0.717, 1.165) is 30.7 Å². The first-order chi connectivity index (χ1) is 10.8. The van der Waals surface area contributed by atoms with Crippen molar-refractivity contribution >= 4 is 11.0 Å². The van der Waals surface area contributed by atoms with E-state index in [-0.39, 0.29) is 5.60 Å². The zero-order valence-electron chi connectivity index (χ0n) is 14.5. The number of aryl methyl sites for hydroxylation is 2. The highest BCUT2D eigenvalue weighted by Gasteiger charge is 2.28. The minimum atomic E-state index is -0.414. The van der Waals surface area contributed by atoms with Crippen LogP contribution in [0, 0.1) is 13.8 Å². The first kappa shape index (κ1) is 16.4. The summed E-state index contributed by atoms with van der Waals surface area (Å²) in [4.78, 5) is 6.74. The molecule has 1 N–H and O–H groups in total. The molecule has 3 rings (SSSR count). The maximum Gasteiger partial charge on any atom is 0.0959 e. The standard InChI is InChI=1S/C18H27N3O2/c1-13-7-16-17(8-14(13)2)21(12-19-16)10-15(22)9-20-5-6-23-18(3,4)11-20/h7-8,12,15,22H,5-6,9-11H2,1-4H3. The summed E-state index contributed by atoms with van der Waals surface area (Å²) in [5, 5.41) is 10.5. The number of rotatable bonds is 4. The van der Waals surface area contributed by atoms with Crippen LogP contribution < -0.4 is 0 Å². The van der Waals surface area contributed by atoms with Crippen molar-refractivity contribution in [3.05, 3.63) is 29.6 Å². The summed E-state index contributed by atoms with van der Waals surface area (Å²) in [5.74, 6) is 0. The average Bonchev–Trinajstić information content (AvgIpc) is 2.80. The number of hydrogen-bond acceptors (Lipinski definition) is 4. The highest BCUT2D eigenvalue weighted by Crippen LogP contribution is 2.20. The Bertz CT molecular complexity index is 693. The van der Waals surface area contributed by atoms with Crippen LogP contribution in [0.5, 0.6) is 0 Å². The number of aliphatic hydroxyl groups excluding tert-OH is 1. The second-order valence-corrected chi connectivity index (χ2v) is 7.32. The molecule has 0 bridgehead atoms. The lowest BCUT2D eigenvalue weighted by molar-refractivity contribution is -0.0936. The number of morpholine rings is 1. The third-order valence-corrected chi connectivity index (χ3v) is 4.62. The van der Waals surface area contributed by atoms with Gasteiger partial charge in [-0.15, -0.1) is 0 Å². The number of aliphatic hydroxyl groups is 1. The molecule has 126 valence electrons. The van der Waals surface area contributed by atoms with Gasteiger partial charge in [-0.1, -0.05) is 0 Å². The van der Waals surface area contributed by atoms with Gasteiger partial charge in [0.15, 0.2) is 0 Å². The van der Waals surface area contributed by atoms with E-state index in [1.807, 2.05) is 6.33 Å². The molecule has 23 heavy (non-hydrogen) atoms. The Hall–Kier alpha value is -1.43. The van der Waals surface area contributed by atoms with Crippen LogP contribution in [0.25, 0.3) is 11.0 Å². The van der Waals surface area contributed by atoms with Gasteiger partial charge in [0.05, 0.1) is 42.2 Å². The van der Waals surface area contributed by atoms with Crippen molar-refractivity contribution in [2.75, 3.05) is 26.2 Å². The van der Waals surface area contributed by atoms with Crippen molar-refractivity contribution in [3.63, 3.8) is 0 Å². The molecule has 0 saturated carbocycles. The fraction of sp³-hybridized carbons (Fsp3) is 0.611. The fourth-order valence-electron chi connectivity index (χ4n) is 3.31. The number of fused-ring (bicyclic) bond motifs is 1. The first-order valence-electron chi connectivity index (χ1n) is 8.30. The van der Waals surface area contributed by atoms with E-state index >= 15 is 0 Å². The van der Waals surface area contributed by atoms with Crippen molar-refractivity contribution < 1.29 is 9.84 Å². The van der Waals surface area contributed by atoms with E-state index in [9.17, 15) is 5.11 Å². The highest BCUT2D eigenvalue weighted by atomic mass is 16.5. The summed E-state index contributed by atoms with van der Waals surface area (Å²) >= 11 is 0. The maximum atomic E-state index is 10.5. The van der Waals surface area contributed by atoms with Gasteiger partial charge >= 0.3 is 0 Å². The molecule has 0 radical (unpaired) electrons. The van der Waals surface area contributed by atoms with Crippen molar-refractivity contribution in [3.8, 4) is 0 Å². The Balaban J connectivity index is 1.68. The number of β-amino-alcohol motifs (C(OH)–C–C–N with tert-alkyl or cyclic N) is 1. The number of aromatic nitrogens is 2. The van der Waals surface area contributed by atoms with Crippen LogP contribution in [0.1, 0.15) is 25.0 Å². The molecule has 0 aliphatic carbocycles. The van der Waals surface area contributed by atoms with E-state index in [1.54, 1.807) is 0 Å². The Kier molecular flexibility index (Phi) is 4.45. The van der Waals surface area contributed by atoms with Gasteiger partial charge in [-0.05, 0) is 51.0 Å². The number of ether oxygens (including phenoxy) is 1. The summed E-state index contributed by atoms with van der Waals surface area (Å²) in [6.07, 6.45) is 1.42. The molecule has 1 aromatic carbocycles. The lowest BCUT2D eigenvalue weighted by Gasteiger charge is -2.38. The lowest BCUT2D eigenvalue weighted by Crippen LogP contribution is -2.50. The SMILES string of the molecule is Cc1cc2ncn(CC(O)CN3CCOC(C)(C)C3)c2cc1C. The number of hydrogen-bond donors (Lipinski definition) is 1. The topological polar surface area (TPSA) is 50.5 Å². The zero-order chi connectivity index (χ0) is 16.6. The summed E-state index contributed by atoms with van der Waals surface area (Å²) in [6.45, 7) is 12.1. The molecule has 2 heterocycles. The molecule has 1 saturated heterocycles. The normalized spacial score (nSPS) is 20.0. The summed E-state index contributed by atoms with van der Waals surface area (Å²) < 4.78 is 7.78. The monoisotopic (exact) mass is 317 g/mol. The Morgan fingerprint density at radius 1 is 1.26 bits per heavy atom. The van der Waals surface area contributed by atoms with E-state index < -0.39 is 6.10 Å². The number of benzene rings is 1. The van der Waals surface area contributed by atoms with Gasteiger partial charge in [-0.25, -0.2) is 4.98 Å². The van der Waals surface area contributed by atoms with Crippen molar-refractivity contribution in [1.82, 2.24) is 14.5 Å². The molecule has 1 unspecified atom stereocenters. The fourth-order valence-corrected chi connectivity index (χ4v) is 3.31. The van der Waals surface area contributed by atoms with Crippen LogP contribution in [0.4, 0.5) is 0 Å². The van der Waals surface area contributed by atoms with Gasteiger partial charge in [0.2, 0.25) is 0 Å². The smallest absolute Gasteiger partial charge is 0.0959 e. The summed E-state index contributed by atoms with van der Waals surface area (Å²) in [6, 6.07) is 4.26. The molecule has 1 atom stereocenters.